The number of carbonyl (C=O) groups is 2. The van der Waals surface area contributed by atoms with Crippen molar-refractivity contribution in [3.8, 4) is 10.7 Å². The molecule has 3 heterocycles. The fraction of sp³-hybridized carbons (Fsp3) is 0.304. The third kappa shape index (κ3) is 5.96. The van der Waals surface area contributed by atoms with Crippen molar-refractivity contribution in [1.29, 1.82) is 0 Å². The van der Waals surface area contributed by atoms with Crippen LogP contribution in [0.1, 0.15) is 11.3 Å². The van der Waals surface area contributed by atoms with Crippen LogP contribution in [0.2, 0.25) is 0 Å². The second-order valence-corrected chi connectivity index (χ2v) is 8.31. The number of amides is 2. The van der Waals surface area contributed by atoms with E-state index in [0.717, 1.165) is 22.0 Å². The van der Waals surface area contributed by atoms with Crippen LogP contribution in [0.3, 0.4) is 0 Å². The summed E-state index contributed by atoms with van der Waals surface area (Å²) in [4.78, 5) is 37.7. The Morgan fingerprint density at radius 2 is 1.77 bits per heavy atom. The Bertz CT molecular complexity index is 1000. The van der Waals surface area contributed by atoms with Gasteiger partial charge in [0.05, 0.1) is 24.4 Å². The molecule has 0 radical (unpaired) electrons. The highest BCUT2D eigenvalue weighted by Gasteiger charge is 2.23. The lowest BCUT2D eigenvalue weighted by molar-refractivity contribution is -0.132. The molecule has 1 aliphatic heterocycles. The van der Waals surface area contributed by atoms with Crippen molar-refractivity contribution >= 4 is 23.2 Å². The van der Waals surface area contributed by atoms with E-state index in [2.05, 4.69) is 20.2 Å². The number of nitrogens with one attached hydrogen (secondary N) is 1. The first-order chi connectivity index (χ1) is 15.2. The summed E-state index contributed by atoms with van der Waals surface area (Å²) in [7, 11) is 0. The van der Waals surface area contributed by atoms with Crippen molar-refractivity contribution in [3.05, 3.63) is 71.4 Å². The van der Waals surface area contributed by atoms with Gasteiger partial charge >= 0.3 is 0 Å². The van der Waals surface area contributed by atoms with Gasteiger partial charge in [0, 0.05) is 44.3 Å². The first-order valence-electron chi connectivity index (χ1n) is 10.3. The molecule has 3 aromatic rings. The number of hydrogen-bond acceptors (Lipinski definition) is 6. The maximum atomic E-state index is 12.7. The zero-order chi connectivity index (χ0) is 21.5. The molecule has 7 nitrogen and oxygen atoms in total. The molecule has 1 N–H and O–H groups in total. The maximum absolute atomic E-state index is 12.7. The third-order valence-electron chi connectivity index (χ3n) is 5.19. The predicted octanol–water partition coefficient (Wildman–Crippen LogP) is 2.21. The van der Waals surface area contributed by atoms with Gasteiger partial charge in [-0.25, -0.2) is 4.98 Å². The van der Waals surface area contributed by atoms with E-state index in [-0.39, 0.29) is 11.8 Å². The molecular weight excluding hydrogens is 410 g/mol. The van der Waals surface area contributed by atoms with Crippen molar-refractivity contribution in [1.82, 2.24) is 25.1 Å². The smallest absolute Gasteiger partial charge is 0.234 e. The number of piperazine rings is 1. The number of aromatic nitrogens is 2. The van der Waals surface area contributed by atoms with E-state index in [4.69, 9.17) is 0 Å². The Hall–Kier alpha value is -3.10. The van der Waals surface area contributed by atoms with Gasteiger partial charge in [-0.05, 0) is 17.7 Å². The molecule has 0 saturated carbocycles. The summed E-state index contributed by atoms with van der Waals surface area (Å²) in [5, 5.41) is 5.71. The SMILES string of the molecule is O=C(CN1CCN(C(=O)Cc2csc(-c3ccccn3)n2)CC1)NCc1ccccc1. The molecule has 1 saturated heterocycles. The van der Waals surface area contributed by atoms with Crippen molar-refractivity contribution < 1.29 is 9.59 Å². The van der Waals surface area contributed by atoms with Crippen LogP contribution in [0.4, 0.5) is 0 Å². The Labute approximate surface area is 185 Å². The fourth-order valence-corrected chi connectivity index (χ4v) is 4.27. The highest BCUT2D eigenvalue weighted by atomic mass is 32.1. The molecule has 0 bridgehead atoms. The molecule has 0 unspecified atom stereocenters. The summed E-state index contributed by atoms with van der Waals surface area (Å²) in [5.74, 6) is 0.0826. The van der Waals surface area contributed by atoms with Gasteiger partial charge in [-0.3, -0.25) is 19.5 Å². The molecule has 1 fully saturated rings. The molecule has 0 spiro atoms. The second kappa shape index (κ2) is 10.3. The van der Waals surface area contributed by atoms with Crippen LogP contribution < -0.4 is 5.32 Å². The van der Waals surface area contributed by atoms with Crippen LogP contribution in [0, 0.1) is 0 Å². The predicted molar refractivity (Wildman–Crippen MR) is 120 cm³/mol. The van der Waals surface area contributed by atoms with Gasteiger partial charge in [0.2, 0.25) is 11.8 Å². The lowest BCUT2D eigenvalue weighted by Crippen LogP contribution is -2.51. The number of thiazole rings is 1. The number of hydrogen-bond donors (Lipinski definition) is 1. The highest BCUT2D eigenvalue weighted by Crippen LogP contribution is 2.21. The molecule has 0 aliphatic carbocycles. The molecule has 160 valence electrons. The van der Waals surface area contributed by atoms with E-state index in [9.17, 15) is 9.59 Å². The lowest BCUT2D eigenvalue weighted by Gasteiger charge is -2.34. The van der Waals surface area contributed by atoms with Crippen molar-refractivity contribution in [2.45, 2.75) is 13.0 Å². The summed E-state index contributed by atoms with van der Waals surface area (Å²) in [6, 6.07) is 15.6. The maximum Gasteiger partial charge on any atom is 0.234 e. The van der Waals surface area contributed by atoms with Crippen LogP contribution in [-0.2, 0) is 22.6 Å². The number of nitrogens with zero attached hydrogens (tertiary/aromatic N) is 4. The minimum Gasteiger partial charge on any atom is -0.351 e. The van der Waals surface area contributed by atoms with Gasteiger partial charge in [-0.15, -0.1) is 11.3 Å². The molecular formula is C23H25N5O2S. The van der Waals surface area contributed by atoms with E-state index in [1.807, 2.05) is 58.8 Å². The average molecular weight is 436 g/mol. The van der Waals surface area contributed by atoms with Gasteiger partial charge in [-0.2, -0.15) is 0 Å². The Morgan fingerprint density at radius 1 is 1.00 bits per heavy atom. The molecule has 8 heteroatoms. The molecule has 0 atom stereocenters. The number of pyridine rings is 1. The normalized spacial score (nSPS) is 14.4. The zero-order valence-corrected chi connectivity index (χ0v) is 18.1. The average Bonchev–Trinajstić information content (AvgIpc) is 3.28. The topological polar surface area (TPSA) is 78.4 Å². The zero-order valence-electron chi connectivity index (χ0n) is 17.2. The molecule has 31 heavy (non-hydrogen) atoms. The third-order valence-corrected chi connectivity index (χ3v) is 6.11. The fourth-order valence-electron chi connectivity index (χ4n) is 3.47. The second-order valence-electron chi connectivity index (χ2n) is 7.46. The van der Waals surface area contributed by atoms with E-state index in [1.165, 1.54) is 11.3 Å². The number of rotatable bonds is 7. The lowest BCUT2D eigenvalue weighted by atomic mass is 10.2. The van der Waals surface area contributed by atoms with E-state index in [0.29, 0.717) is 45.7 Å². The van der Waals surface area contributed by atoms with Crippen molar-refractivity contribution in [2.75, 3.05) is 32.7 Å². The number of carbonyl (C=O) groups excluding carboxylic acids is 2. The van der Waals surface area contributed by atoms with Gasteiger partial charge in [0.1, 0.15) is 5.01 Å². The van der Waals surface area contributed by atoms with Crippen LogP contribution >= 0.6 is 11.3 Å². The quantitative estimate of drug-likeness (QED) is 0.616. The molecule has 2 amide bonds. The molecule has 2 aromatic heterocycles. The van der Waals surface area contributed by atoms with E-state index >= 15 is 0 Å². The van der Waals surface area contributed by atoms with Crippen LogP contribution in [0.5, 0.6) is 0 Å². The largest absolute Gasteiger partial charge is 0.351 e. The summed E-state index contributed by atoms with van der Waals surface area (Å²) in [5.41, 5.74) is 2.68. The van der Waals surface area contributed by atoms with Crippen LogP contribution in [0.15, 0.2) is 60.1 Å². The highest BCUT2D eigenvalue weighted by molar-refractivity contribution is 7.13. The summed E-state index contributed by atoms with van der Waals surface area (Å²) < 4.78 is 0. The standard InChI is InChI=1S/C23H25N5O2S/c29-21(25-15-18-6-2-1-3-7-18)16-27-10-12-28(13-11-27)22(30)14-19-17-31-23(26-19)20-8-4-5-9-24-20/h1-9,17H,10-16H2,(H,25,29). The summed E-state index contributed by atoms with van der Waals surface area (Å²) in [6.45, 7) is 3.53. The first kappa shape index (κ1) is 21.1. The Balaban J connectivity index is 1.20. The van der Waals surface area contributed by atoms with Crippen molar-refractivity contribution in [2.24, 2.45) is 0 Å². The monoisotopic (exact) mass is 435 g/mol. The molecule has 1 aliphatic rings. The molecule has 4 rings (SSSR count). The minimum atomic E-state index is 0.00755. The van der Waals surface area contributed by atoms with Crippen LogP contribution in [-0.4, -0.2) is 64.3 Å². The van der Waals surface area contributed by atoms with Crippen molar-refractivity contribution in [3.63, 3.8) is 0 Å². The molecule has 1 aromatic carbocycles. The minimum absolute atomic E-state index is 0.00755. The summed E-state index contributed by atoms with van der Waals surface area (Å²) >= 11 is 1.50. The van der Waals surface area contributed by atoms with Crippen LogP contribution in [0.25, 0.3) is 10.7 Å². The first-order valence-corrected chi connectivity index (χ1v) is 11.2. The van der Waals surface area contributed by atoms with Gasteiger partial charge in [0.15, 0.2) is 0 Å². The van der Waals surface area contributed by atoms with E-state index in [1.54, 1.807) is 6.20 Å². The Morgan fingerprint density at radius 3 is 2.52 bits per heavy atom. The van der Waals surface area contributed by atoms with Gasteiger partial charge in [-0.1, -0.05) is 36.4 Å². The van der Waals surface area contributed by atoms with E-state index < -0.39 is 0 Å². The Kier molecular flexibility index (Phi) is 7.01. The number of benzene rings is 1. The van der Waals surface area contributed by atoms with Gasteiger partial charge in [0.25, 0.3) is 0 Å². The summed E-state index contributed by atoms with van der Waals surface area (Å²) in [6.07, 6.45) is 2.03. The van der Waals surface area contributed by atoms with Gasteiger partial charge < -0.3 is 10.2 Å².